The molecule has 34 heavy (non-hydrogen) atoms. The third kappa shape index (κ3) is 4.09. The SMILES string of the molecule is COc1cccc(C2=C(C)C(C)=C(C)C2(C)[SiH](c2cc(C)cc(C)c2)c2cc(C)cc(C)c2)c1. The van der Waals surface area contributed by atoms with Crippen molar-refractivity contribution in [2.24, 2.45) is 0 Å². The Hall–Kier alpha value is -2.84. The van der Waals surface area contributed by atoms with Gasteiger partial charge < -0.3 is 4.74 Å². The van der Waals surface area contributed by atoms with Gasteiger partial charge in [0.25, 0.3) is 0 Å². The molecule has 0 amide bonds. The summed E-state index contributed by atoms with van der Waals surface area (Å²) in [7, 11) is -0.0182. The Labute approximate surface area is 207 Å². The lowest BCUT2D eigenvalue weighted by Gasteiger charge is -2.39. The number of benzene rings is 3. The summed E-state index contributed by atoms with van der Waals surface area (Å²) in [5.41, 5.74) is 12.5. The minimum absolute atomic E-state index is 0.0546. The van der Waals surface area contributed by atoms with Crippen molar-refractivity contribution in [2.45, 2.75) is 60.4 Å². The Morgan fingerprint density at radius 3 is 1.62 bits per heavy atom. The molecule has 1 aliphatic carbocycles. The Morgan fingerprint density at radius 2 is 1.15 bits per heavy atom. The fourth-order valence-corrected chi connectivity index (χ4v) is 11.1. The molecule has 1 unspecified atom stereocenters. The van der Waals surface area contributed by atoms with Crippen LogP contribution in [0.3, 0.4) is 0 Å². The second-order valence-electron chi connectivity index (χ2n) is 10.5. The molecule has 1 nitrogen and oxygen atoms in total. The molecule has 0 spiro atoms. The lowest BCUT2D eigenvalue weighted by atomic mass is 9.90. The maximum atomic E-state index is 5.64. The molecule has 0 aliphatic heterocycles. The van der Waals surface area contributed by atoms with Gasteiger partial charge in [-0.1, -0.05) is 93.7 Å². The zero-order valence-corrected chi connectivity index (χ0v) is 23.4. The Kier molecular flexibility index (Phi) is 6.48. The number of hydrogen-bond donors (Lipinski definition) is 0. The van der Waals surface area contributed by atoms with Crippen molar-refractivity contribution in [3.63, 3.8) is 0 Å². The van der Waals surface area contributed by atoms with Crippen LogP contribution in [-0.4, -0.2) is 15.9 Å². The minimum Gasteiger partial charge on any atom is -0.497 e. The van der Waals surface area contributed by atoms with Crippen LogP contribution in [0.4, 0.5) is 0 Å². The topological polar surface area (TPSA) is 9.23 Å². The van der Waals surface area contributed by atoms with Crippen molar-refractivity contribution in [3.8, 4) is 5.75 Å². The minimum atomic E-state index is -1.77. The van der Waals surface area contributed by atoms with E-state index in [1.54, 1.807) is 7.11 Å². The molecule has 0 saturated carbocycles. The molecule has 176 valence electrons. The third-order valence-corrected chi connectivity index (χ3v) is 11.8. The molecule has 1 aliphatic rings. The number of hydrogen-bond acceptors (Lipinski definition) is 1. The van der Waals surface area contributed by atoms with Crippen LogP contribution in [0.5, 0.6) is 5.75 Å². The van der Waals surface area contributed by atoms with Crippen molar-refractivity contribution in [3.05, 3.63) is 105 Å². The predicted molar refractivity (Wildman–Crippen MR) is 151 cm³/mol. The molecule has 0 bridgehead atoms. The van der Waals surface area contributed by atoms with Crippen LogP contribution in [0.15, 0.2) is 77.4 Å². The zero-order chi connectivity index (χ0) is 24.8. The predicted octanol–water partition coefficient (Wildman–Crippen LogP) is 6.85. The van der Waals surface area contributed by atoms with E-state index in [9.17, 15) is 0 Å². The maximum absolute atomic E-state index is 5.64. The summed E-state index contributed by atoms with van der Waals surface area (Å²) in [4.78, 5) is 0. The van der Waals surface area contributed by atoms with Crippen LogP contribution in [0, 0.1) is 27.7 Å². The second kappa shape index (κ2) is 9.07. The van der Waals surface area contributed by atoms with E-state index < -0.39 is 8.80 Å². The Morgan fingerprint density at radius 1 is 0.647 bits per heavy atom. The molecule has 2 heteroatoms. The first-order valence-corrected chi connectivity index (χ1v) is 14.0. The molecule has 3 aromatic carbocycles. The van der Waals surface area contributed by atoms with Gasteiger partial charge in [-0.05, 0) is 82.9 Å². The Bertz CT molecular complexity index is 1230. The van der Waals surface area contributed by atoms with Crippen LogP contribution in [0.1, 0.15) is 55.5 Å². The van der Waals surface area contributed by atoms with Crippen LogP contribution >= 0.6 is 0 Å². The summed E-state index contributed by atoms with van der Waals surface area (Å²) in [5, 5.41) is 2.99. The third-order valence-electron chi connectivity index (χ3n) is 7.89. The molecule has 3 aromatic rings. The standard InChI is InChI=1S/C32H38OSi/c1-20-13-21(2)16-29(15-20)34(30-17-22(3)14-23(4)18-30)32(8)26(7)24(5)25(6)31(32)27-11-10-12-28(19-27)33-9/h10-19,34H,1-9H3. The first-order valence-electron chi connectivity index (χ1n) is 12.3. The van der Waals surface area contributed by atoms with Crippen LogP contribution in [0.2, 0.25) is 5.04 Å². The molecule has 0 fully saturated rings. The van der Waals surface area contributed by atoms with Gasteiger partial charge in [0.15, 0.2) is 0 Å². The fraction of sp³-hybridized carbons (Fsp3) is 0.312. The van der Waals surface area contributed by atoms with E-state index in [4.69, 9.17) is 4.74 Å². The van der Waals surface area contributed by atoms with Gasteiger partial charge in [0, 0.05) is 5.04 Å². The second-order valence-corrected chi connectivity index (χ2v) is 13.8. The van der Waals surface area contributed by atoms with E-state index in [-0.39, 0.29) is 5.04 Å². The van der Waals surface area contributed by atoms with Crippen LogP contribution < -0.4 is 15.1 Å². The smallest absolute Gasteiger partial charge is 0.119 e. The molecule has 1 atom stereocenters. The zero-order valence-electron chi connectivity index (χ0n) is 22.3. The molecule has 0 aromatic heterocycles. The largest absolute Gasteiger partial charge is 0.497 e. The van der Waals surface area contributed by atoms with Gasteiger partial charge in [-0.3, -0.25) is 0 Å². The number of rotatable bonds is 5. The average Bonchev–Trinajstić information content (AvgIpc) is 2.93. The first kappa shape index (κ1) is 24.3. The first-order chi connectivity index (χ1) is 16.1. The molecule has 0 saturated heterocycles. The van der Waals surface area contributed by atoms with Gasteiger partial charge in [0.05, 0.1) is 7.11 Å². The number of ether oxygens (including phenoxy) is 1. The van der Waals surface area contributed by atoms with Crippen molar-refractivity contribution in [2.75, 3.05) is 7.11 Å². The highest BCUT2D eigenvalue weighted by atomic mass is 28.3. The van der Waals surface area contributed by atoms with E-state index in [0.29, 0.717) is 0 Å². The molecular formula is C32H38OSi. The van der Waals surface area contributed by atoms with Crippen molar-refractivity contribution < 1.29 is 4.74 Å². The van der Waals surface area contributed by atoms with Crippen LogP contribution in [0.25, 0.3) is 5.57 Å². The number of methoxy groups -OCH3 is 1. The van der Waals surface area contributed by atoms with Gasteiger partial charge in [0.2, 0.25) is 0 Å². The van der Waals surface area contributed by atoms with E-state index >= 15 is 0 Å². The van der Waals surface area contributed by atoms with E-state index in [1.807, 2.05) is 6.07 Å². The maximum Gasteiger partial charge on any atom is 0.119 e. The molecule has 4 rings (SSSR count). The van der Waals surface area contributed by atoms with Gasteiger partial charge in [-0.2, -0.15) is 0 Å². The number of aryl methyl sites for hydroxylation is 4. The Balaban J connectivity index is 2.07. The number of allylic oxidation sites excluding steroid dienone is 4. The van der Waals surface area contributed by atoms with Gasteiger partial charge in [-0.25, -0.2) is 0 Å². The average molecular weight is 467 g/mol. The summed E-state index contributed by atoms with van der Waals surface area (Å²) in [6.45, 7) is 18.5. The molecule has 0 N–H and O–H groups in total. The van der Waals surface area contributed by atoms with Gasteiger partial charge >= 0.3 is 0 Å². The van der Waals surface area contributed by atoms with E-state index in [1.165, 1.54) is 60.5 Å². The van der Waals surface area contributed by atoms with Gasteiger partial charge in [0.1, 0.15) is 14.5 Å². The summed E-state index contributed by atoms with van der Waals surface area (Å²) in [6.07, 6.45) is 0. The molecule has 0 radical (unpaired) electrons. The quantitative estimate of drug-likeness (QED) is 0.373. The molecular weight excluding hydrogens is 428 g/mol. The van der Waals surface area contributed by atoms with Crippen molar-refractivity contribution in [1.82, 2.24) is 0 Å². The fourth-order valence-electron chi connectivity index (χ4n) is 6.30. The van der Waals surface area contributed by atoms with Crippen molar-refractivity contribution >= 4 is 24.7 Å². The van der Waals surface area contributed by atoms with E-state index in [0.717, 1.165) is 5.75 Å². The summed E-state index contributed by atoms with van der Waals surface area (Å²) < 4.78 is 5.64. The highest BCUT2D eigenvalue weighted by Gasteiger charge is 2.47. The summed E-state index contributed by atoms with van der Waals surface area (Å²) in [6, 6.07) is 23.1. The van der Waals surface area contributed by atoms with E-state index in [2.05, 4.69) is 110 Å². The highest BCUT2D eigenvalue weighted by molar-refractivity contribution is 6.90. The van der Waals surface area contributed by atoms with Crippen molar-refractivity contribution in [1.29, 1.82) is 0 Å². The molecule has 0 heterocycles. The summed E-state index contributed by atoms with van der Waals surface area (Å²) >= 11 is 0. The normalized spacial score (nSPS) is 18.3. The van der Waals surface area contributed by atoms with Gasteiger partial charge in [-0.15, -0.1) is 0 Å². The lowest BCUT2D eigenvalue weighted by Crippen LogP contribution is -2.52. The van der Waals surface area contributed by atoms with Crippen LogP contribution in [-0.2, 0) is 0 Å². The summed E-state index contributed by atoms with van der Waals surface area (Å²) in [5.74, 6) is 0.915. The highest BCUT2D eigenvalue weighted by Crippen LogP contribution is 2.58. The lowest BCUT2D eigenvalue weighted by molar-refractivity contribution is 0.414. The monoisotopic (exact) mass is 466 g/mol.